The number of rotatable bonds is 7. The second-order valence-corrected chi connectivity index (χ2v) is 6.52. The van der Waals surface area contributed by atoms with Gasteiger partial charge in [0.05, 0.1) is 5.54 Å². The van der Waals surface area contributed by atoms with Gasteiger partial charge in [-0.05, 0) is 36.3 Å². The van der Waals surface area contributed by atoms with Gasteiger partial charge < -0.3 is 11.1 Å². The van der Waals surface area contributed by atoms with E-state index in [1.54, 1.807) is 0 Å². The summed E-state index contributed by atoms with van der Waals surface area (Å²) in [5, 5.41) is 3.10. The van der Waals surface area contributed by atoms with Crippen molar-refractivity contribution in [3.63, 3.8) is 0 Å². The van der Waals surface area contributed by atoms with Gasteiger partial charge in [0.2, 0.25) is 5.91 Å². The molecule has 126 valence electrons. The molecule has 1 rings (SSSR count). The third-order valence-corrected chi connectivity index (χ3v) is 4.57. The van der Waals surface area contributed by atoms with Crippen LogP contribution in [0, 0.1) is 5.92 Å². The summed E-state index contributed by atoms with van der Waals surface area (Å²) in [6, 6.07) is 8.53. The third kappa shape index (κ3) is 5.62. The van der Waals surface area contributed by atoms with E-state index in [1.807, 2.05) is 6.92 Å². The van der Waals surface area contributed by atoms with Crippen molar-refractivity contribution in [1.29, 1.82) is 0 Å². The van der Waals surface area contributed by atoms with E-state index in [0.29, 0.717) is 18.9 Å². The first kappa shape index (κ1) is 20.9. The minimum absolute atomic E-state index is 0. The highest BCUT2D eigenvalue weighted by Gasteiger charge is 2.28. The van der Waals surface area contributed by atoms with Gasteiger partial charge in [0.1, 0.15) is 0 Å². The van der Waals surface area contributed by atoms with E-state index in [2.05, 4.69) is 57.3 Å². The van der Waals surface area contributed by atoms with Gasteiger partial charge in [-0.25, -0.2) is 0 Å². The van der Waals surface area contributed by atoms with Gasteiger partial charge in [-0.1, -0.05) is 52.0 Å². The molecule has 0 bridgehead atoms. The minimum Gasteiger partial charge on any atom is -0.349 e. The molecular formula is C18H31ClN2O. The maximum atomic E-state index is 12.3. The molecule has 0 radical (unpaired) electrons. The van der Waals surface area contributed by atoms with Crippen molar-refractivity contribution in [2.45, 2.75) is 58.9 Å². The Labute approximate surface area is 141 Å². The zero-order chi connectivity index (χ0) is 16.0. The van der Waals surface area contributed by atoms with Crippen LogP contribution in [-0.4, -0.2) is 18.0 Å². The van der Waals surface area contributed by atoms with E-state index in [4.69, 9.17) is 5.73 Å². The first-order valence-corrected chi connectivity index (χ1v) is 7.92. The quantitative estimate of drug-likeness (QED) is 0.803. The molecule has 3 N–H and O–H groups in total. The molecular weight excluding hydrogens is 296 g/mol. The van der Waals surface area contributed by atoms with Gasteiger partial charge in [-0.15, -0.1) is 12.4 Å². The molecule has 1 amide bonds. The van der Waals surface area contributed by atoms with Crippen LogP contribution in [0.1, 0.15) is 58.1 Å². The lowest BCUT2D eigenvalue weighted by molar-refractivity contribution is -0.123. The van der Waals surface area contributed by atoms with Crippen molar-refractivity contribution in [2.24, 2.45) is 11.7 Å². The fraction of sp³-hybridized carbons (Fsp3) is 0.611. The van der Waals surface area contributed by atoms with Crippen molar-refractivity contribution in [3.8, 4) is 0 Å². The van der Waals surface area contributed by atoms with Crippen molar-refractivity contribution < 1.29 is 4.79 Å². The smallest absolute Gasteiger partial charge is 0.221 e. The SMILES string of the molecule is CCc1ccc(C(C)CC(=O)NC(C)(CN)C(C)C)cc1.Cl. The molecule has 0 aliphatic rings. The van der Waals surface area contributed by atoms with E-state index in [0.717, 1.165) is 6.42 Å². The van der Waals surface area contributed by atoms with Gasteiger partial charge in [0.25, 0.3) is 0 Å². The second-order valence-electron chi connectivity index (χ2n) is 6.52. The maximum absolute atomic E-state index is 12.3. The number of hydrogen-bond donors (Lipinski definition) is 2. The first-order chi connectivity index (χ1) is 9.82. The Morgan fingerprint density at radius 1 is 1.23 bits per heavy atom. The van der Waals surface area contributed by atoms with E-state index in [9.17, 15) is 4.79 Å². The van der Waals surface area contributed by atoms with Crippen molar-refractivity contribution >= 4 is 18.3 Å². The Balaban J connectivity index is 0.00000441. The molecule has 0 saturated heterocycles. The number of nitrogens with two attached hydrogens (primary N) is 1. The van der Waals surface area contributed by atoms with Crippen LogP contribution < -0.4 is 11.1 Å². The molecule has 0 aliphatic heterocycles. The molecule has 1 aromatic rings. The molecule has 4 heteroatoms. The number of amides is 1. The predicted molar refractivity (Wildman–Crippen MR) is 96.5 cm³/mol. The van der Waals surface area contributed by atoms with Crippen molar-refractivity contribution in [2.75, 3.05) is 6.54 Å². The van der Waals surface area contributed by atoms with Gasteiger partial charge in [0, 0.05) is 13.0 Å². The van der Waals surface area contributed by atoms with E-state index in [1.165, 1.54) is 11.1 Å². The van der Waals surface area contributed by atoms with E-state index >= 15 is 0 Å². The summed E-state index contributed by atoms with van der Waals surface area (Å²) in [6.45, 7) is 10.9. The molecule has 0 saturated carbocycles. The number of hydrogen-bond acceptors (Lipinski definition) is 2. The lowest BCUT2D eigenvalue weighted by atomic mass is 9.87. The number of carbonyl (C=O) groups excluding carboxylic acids is 1. The van der Waals surface area contributed by atoms with Crippen LogP contribution in [0.5, 0.6) is 0 Å². The largest absolute Gasteiger partial charge is 0.349 e. The second kappa shape index (κ2) is 9.16. The highest BCUT2D eigenvalue weighted by Crippen LogP contribution is 2.21. The van der Waals surface area contributed by atoms with Crippen molar-refractivity contribution in [3.05, 3.63) is 35.4 Å². The number of nitrogens with one attached hydrogen (secondary N) is 1. The molecule has 2 atom stereocenters. The normalized spacial score (nSPS) is 14.9. The molecule has 2 unspecified atom stereocenters. The van der Waals surface area contributed by atoms with Crippen LogP contribution in [0.3, 0.4) is 0 Å². The Morgan fingerprint density at radius 3 is 2.18 bits per heavy atom. The molecule has 1 aromatic carbocycles. The lowest BCUT2D eigenvalue weighted by Gasteiger charge is -2.34. The summed E-state index contributed by atoms with van der Waals surface area (Å²) in [7, 11) is 0. The molecule has 22 heavy (non-hydrogen) atoms. The Morgan fingerprint density at radius 2 is 1.77 bits per heavy atom. The summed E-state index contributed by atoms with van der Waals surface area (Å²) in [6.07, 6.45) is 1.53. The van der Waals surface area contributed by atoms with Gasteiger partial charge in [-0.2, -0.15) is 0 Å². The van der Waals surface area contributed by atoms with Crippen LogP contribution in [0.4, 0.5) is 0 Å². The molecule has 3 nitrogen and oxygen atoms in total. The summed E-state index contributed by atoms with van der Waals surface area (Å²) in [5.41, 5.74) is 8.02. The summed E-state index contributed by atoms with van der Waals surface area (Å²) in [4.78, 5) is 12.3. The lowest BCUT2D eigenvalue weighted by Crippen LogP contribution is -2.55. The summed E-state index contributed by atoms with van der Waals surface area (Å²) in [5.74, 6) is 0.597. The zero-order valence-corrected chi connectivity index (χ0v) is 15.3. The fourth-order valence-corrected chi connectivity index (χ4v) is 2.28. The summed E-state index contributed by atoms with van der Waals surface area (Å²) >= 11 is 0. The highest BCUT2D eigenvalue weighted by molar-refractivity contribution is 5.85. The average molecular weight is 327 g/mol. The molecule has 0 aliphatic carbocycles. The zero-order valence-electron chi connectivity index (χ0n) is 14.5. The van der Waals surface area contributed by atoms with E-state index in [-0.39, 0.29) is 29.8 Å². The summed E-state index contributed by atoms with van der Waals surface area (Å²) < 4.78 is 0. The molecule has 0 spiro atoms. The average Bonchev–Trinajstić information content (AvgIpc) is 2.46. The van der Waals surface area contributed by atoms with Gasteiger partial charge in [-0.3, -0.25) is 4.79 Å². The van der Waals surface area contributed by atoms with Crippen LogP contribution in [-0.2, 0) is 11.2 Å². The molecule has 0 heterocycles. The molecule has 0 aromatic heterocycles. The number of halogens is 1. The topological polar surface area (TPSA) is 55.1 Å². The Hall–Kier alpha value is -1.06. The maximum Gasteiger partial charge on any atom is 0.221 e. The third-order valence-electron chi connectivity index (χ3n) is 4.57. The minimum atomic E-state index is -0.330. The van der Waals surface area contributed by atoms with Gasteiger partial charge in [0.15, 0.2) is 0 Å². The monoisotopic (exact) mass is 326 g/mol. The molecule has 0 fully saturated rings. The van der Waals surface area contributed by atoms with Crippen LogP contribution in [0.2, 0.25) is 0 Å². The standard InChI is InChI=1S/C18H30N2O.ClH/c1-6-15-7-9-16(10-8-15)14(4)11-17(21)20-18(5,12-19)13(2)3;/h7-10,13-14H,6,11-12,19H2,1-5H3,(H,20,21);1H. The number of aryl methyl sites for hydroxylation is 1. The predicted octanol–water partition coefficient (Wildman–Crippen LogP) is 3.65. The fourth-order valence-electron chi connectivity index (χ4n) is 2.28. The number of benzene rings is 1. The highest BCUT2D eigenvalue weighted by atomic mass is 35.5. The van der Waals surface area contributed by atoms with Gasteiger partial charge >= 0.3 is 0 Å². The Kier molecular flexibility index (Phi) is 8.72. The van der Waals surface area contributed by atoms with Crippen LogP contribution >= 0.6 is 12.4 Å². The van der Waals surface area contributed by atoms with Crippen LogP contribution in [0.15, 0.2) is 24.3 Å². The van der Waals surface area contributed by atoms with E-state index < -0.39 is 0 Å². The Bertz CT molecular complexity index is 459. The number of carbonyl (C=O) groups is 1. The first-order valence-electron chi connectivity index (χ1n) is 7.92. The van der Waals surface area contributed by atoms with Crippen LogP contribution in [0.25, 0.3) is 0 Å². The van der Waals surface area contributed by atoms with Crippen molar-refractivity contribution in [1.82, 2.24) is 5.32 Å².